The van der Waals surface area contributed by atoms with Crippen LogP contribution < -0.4 is 5.32 Å². The SMILES string of the molecule is CC(C)(C)NCc1ccc(Sc2ccc(Br)cc2)cc1. The van der Waals surface area contributed by atoms with E-state index in [-0.39, 0.29) is 5.54 Å². The molecule has 0 aliphatic heterocycles. The molecule has 1 N–H and O–H groups in total. The number of hydrogen-bond donors (Lipinski definition) is 1. The van der Waals surface area contributed by atoms with E-state index < -0.39 is 0 Å². The molecule has 3 heteroatoms. The Kier molecular flexibility index (Phi) is 5.30. The number of rotatable bonds is 4. The van der Waals surface area contributed by atoms with Crippen molar-refractivity contribution in [2.24, 2.45) is 0 Å². The van der Waals surface area contributed by atoms with Gasteiger partial charge in [0, 0.05) is 26.3 Å². The highest BCUT2D eigenvalue weighted by Crippen LogP contribution is 2.28. The zero-order chi connectivity index (χ0) is 14.6. The van der Waals surface area contributed by atoms with Gasteiger partial charge in [0.1, 0.15) is 0 Å². The van der Waals surface area contributed by atoms with E-state index in [1.54, 1.807) is 11.8 Å². The normalized spacial score (nSPS) is 11.6. The fourth-order valence-electron chi connectivity index (χ4n) is 1.68. The van der Waals surface area contributed by atoms with Crippen LogP contribution in [0.3, 0.4) is 0 Å². The molecule has 1 nitrogen and oxygen atoms in total. The zero-order valence-corrected chi connectivity index (χ0v) is 14.5. The predicted molar refractivity (Wildman–Crippen MR) is 91.3 cm³/mol. The predicted octanol–water partition coefficient (Wildman–Crippen LogP) is 5.49. The van der Waals surface area contributed by atoms with Gasteiger partial charge in [0.2, 0.25) is 0 Å². The molecule has 2 aromatic carbocycles. The lowest BCUT2D eigenvalue weighted by Crippen LogP contribution is -2.35. The van der Waals surface area contributed by atoms with Crippen LogP contribution in [0.2, 0.25) is 0 Å². The van der Waals surface area contributed by atoms with Gasteiger partial charge in [0.15, 0.2) is 0 Å². The van der Waals surface area contributed by atoms with Crippen molar-refractivity contribution in [2.45, 2.75) is 42.6 Å². The molecule has 0 heterocycles. The highest BCUT2D eigenvalue weighted by molar-refractivity contribution is 9.10. The van der Waals surface area contributed by atoms with E-state index in [9.17, 15) is 0 Å². The topological polar surface area (TPSA) is 12.0 Å². The van der Waals surface area contributed by atoms with Gasteiger partial charge in [-0.05, 0) is 62.7 Å². The van der Waals surface area contributed by atoms with Crippen molar-refractivity contribution in [2.75, 3.05) is 0 Å². The molecule has 20 heavy (non-hydrogen) atoms. The summed E-state index contributed by atoms with van der Waals surface area (Å²) in [7, 11) is 0. The molecule has 0 saturated carbocycles. The lowest BCUT2D eigenvalue weighted by Gasteiger charge is -2.20. The van der Waals surface area contributed by atoms with E-state index in [1.807, 2.05) is 0 Å². The van der Waals surface area contributed by atoms with Crippen molar-refractivity contribution in [3.05, 3.63) is 58.6 Å². The molecule has 0 bridgehead atoms. The average Bonchev–Trinajstić information content (AvgIpc) is 2.40. The van der Waals surface area contributed by atoms with Gasteiger partial charge in [0.05, 0.1) is 0 Å². The Labute approximate surface area is 134 Å². The van der Waals surface area contributed by atoms with E-state index in [0.717, 1.165) is 11.0 Å². The van der Waals surface area contributed by atoms with Gasteiger partial charge >= 0.3 is 0 Å². The molecule has 0 atom stereocenters. The molecule has 0 aliphatic carbocycles. The van der Waals surface area contributed by atoms with E-state index in [1.165, 1.54) is 15.4 Å². The minimum Gasteiger partial charge on any atom is -0.308 e. The van der Waals surface area contributed by atoms with Crippen molar-refractivity contribution in [1.82, 2.24) is 5.32 Å². The lowest BCUT2D eigenvalue weighted by molar-refractivity contribution is 0.424. The Morgan fingerprint density at radius 3 is 1.90 bits per heavy atom. The largest absolute Gasteiger partial charge is 0.308 e. The molecule has 2 rings (SSSR count). The summed E-state index contributed by atoms with van der Waals surface area (Å²) >= 11 is 5.24. The van der Waals surface area contributed by atoms with E-state index in [4.69, 9.17) is 0 Å². The van der Waals surface area contributed by atoms with Gasteiger partial charge < -0.3 is 5.32 Å². The Bertz CT molecular complexity index is 541. The monoisotopic (exact) mass is 349 g/mol. The summed E-state index contributed by atoms with van der Waals surface area (Å²) in [6.07, 6.45) is 0. The summed E-state index contributed by atoms with van der Waals surface area (Å²) in [5, 5.41) is 3.50. The summed E-state index contributed by atoms with van der Waals surface area (Å²) in [4.78, 5) is 2.53. The molecule has 0 fully saturated rings. The van der Waals surface area contributed by atoms with Gasteiger partial charge in [-0.15, -0.1) is 0 Å². The maximum Gasteiger partial charge on any atom is 0.0210 e. The van der Waals surface area contributed by atoms with Gasteiger partial charge in [-0.25, -0.2) is 0 Å². The zero-order valence-electron chi connectivity index (χ0n) is 12.1. The van der Waals surface area contributed by atoms with Crippen LogP contribution in [0.1, 0.15) is 26.3 Å². The number of hydrogen-bond acceptors (Lipinski definition) is 2. The molecule has 0 aliphatic rings. The lowest BCUT2D eigenvalue weighted by atomic mass is 10.1. The first-order chi connectivity index (χ1) is 9.42. The quantitative estimate of drug-likeness (QED) is 0.783. The minimum absolute atomic E-state index is 0.158. The first-order valence-electron chi connectivity index (χ1n) is 6.70. The van der Waals surface area contributed by atoms with Crippen LogP contribution in [-0.2, 0) is 6.54 Å². The van der Waals surface area contributed by atoms with Crippen LogP contribution in [0.15, 0.2) is 62.8 Å². The summed E-state index contributed by atoms with van der Waals surface area (Å²) in [5.74, 6) is 0. The fraction of sp³-hybridized carbons (Fsp3) is 0.294. The van der Waals surface area contributed by atoms with Crippen molar-refractivity contribution in [3.8, 4) is 0 Å². The van der Waals surface area contributed by atoms with E-state index in [2.05, 4.69) is 90.5 Å². The summed E-state index contributed by atoms with van der Waals surface area (Å²) in [5.41, 5.74) is 1.48. The van der Waals surface area contributed by atoms with Crippen LogP contribution in [0.5, 0.6) is 0 Å². The third-order valence-electron chi connectivity index (χ3n) is 2.80. The summed E-state index contributed by atoms with van der Waals surface area (Å²) < 4.78 is 1.12. The molecule has 0 amide bonds. The van der Waals surface area contributed by atoms with E-state index in [0.29, 0.717) is 0 Å². The van der Waals surface area contributed by atoms with Crippen molar-refractivity contribution >= 4 is 27.7 Å². The molecule has 0 aromatic heterocycles. The molecule has 2 aromatic rings. The van der Waals surface area contributed by atoms with Crippen LogP contribution in [0, 0.1) is 0 Å². The van der Waals surface area contributed by atoms with Gasteiger partial charge in [-0.1, -0.05) is 39.8 Å². The average molecular weight is 350 g/mol. The molecular weight excluding hydrogens is 330 g/mol. The molecule has 0 saturated heterocycles. The molecule has 106 valence electrons. The Balaban J connectivity index is 1.96. The molecular formula is C17H20BrNS. The molecule has 0 radical (unpaired) electrons. The van der Waals surface area contributed by atoms with E-state index >= 15 is 0 Å². The summed E-state index contributed by atoms with van der Waals surface area (Å²) in [6, 6.07) is 17.2. The number of nitrogens with one attached hydrogen (secondary N) is 1. The number of benzene rings is 2. The van der Waals surface area contributed by atoms with Crippen LogP contribution in [0.25, 0.3) is 0 Å². The third kappa shape index (κ3) is 5.31. The Morgan fingerprint density at radius 2 is 1.40 bits per heavy atom. The second kappa shape index (κ2) is 6.79. The Hall–Kier alpha value is -0.770. The maximum absolute atomic E-state index is 3.50. The summed E-state index contributed by atoms with van der Waals surface area (Å²) in [6.45, 7) is 7.47. The standard InChI is InChI=1S/C17H20BrNS/c1-17(2,3)19-12-13-4-8-15(9-5-13)20-16-10-6-14(18)7-11-16/h4-11,19H,12H2,1-3H3. The van der Waals surface area contributed by atoms with Gasteiger partial charge in [-0.2, -0.15) is 0 Å². The second-order valence-corrected chi connectivity index (χ2v) is 7.87. The first kappa shape index (κ1) is 15.6. The maximum atomic E-state index is 3.50. The van der Waals surface area contributed by atoms with Crippen LogP contribution >= 0.6 is 27.7 Å². The van der Waals surface area contributed by atoms with Crippen LogP contribution in [-0.4, -0.2) is 5.54 Å². The van der Waals surface area contributed by atoms with Gasteiger partial charge in [0.25, 0.3) is 0 Å². The van der Waals surface area contributed by atoms with Gasteiger partial charge in [-0.3, -0.25) is 0 Å². The highest BCUT2D eigenvalue weighted by Gasteiger charge is 2.08. The number of halogens is 1. The fourth-order valence-corrected chi connectivity index (χ4v) is 2.76. The molecule has 0 unspecified atom stereocenters. The van der Waals surface area contributed by atoms with Crippen LogP contribution in [0.4, 0.5) is 0 Å². The second-order valence-electron chi connectivity index (χ2n) is 5.80. The van der Waals surface area contributed by atoms with Crippen molar-refractivity contribution < 1.29 is 0 Å². The van der Waals surface area contributed by atoms with Crippen molar-refractivity contribution in [1.29, 1.82) is 0 Å². The Morgan fingerprint density at radius 1 is 0.900 bits per heavy atom. The molecule has 0 spiro atoms. The minimum atomic E-state index is 0.158. The third-order valence-corrected chi connectivity index (χ3v) is 4.34. The van der Waals surface area contributed by atoms with Crippen molar-refractivity contribution in [3.63, 3.8) is 0 Å². The highest BCUT2D eigenvalue weighted by atomic mass is 79.9. The first-order valence-corrected chi connectivity index (χ1v) is 8.31. The smallest absolute Gasteiger partial charge is 0.0210 e.